The summed E-state index contributed by atoms with van der Waals surface area (Å²) < 4.78 is 0. The lowest BCUT2D eigenvalue weighted by molar-refractivity contribution is -0.393. The van der Waals surface area contributed by atoms with Gasteiger partial charge in [0.15, 0.2) is 5.92 Å². The van der Waals surface area contributed by atoms with E-state index in [1.807, 2.05) is 10.6 Å². The zero-order valence-electron chi connectivity index (χ0n) is 14.9. The van der Waals surface area contributed by atoms with Crippen molar-refractivity contribution in [3.8, 4) is 0 Å². The quantitative estimate of drug-likeness (QED) is 0.274. The van der Waals surface area contributed by atoms with Crippen molar-refractivity contribution in [1.82, 2.24) is 10.6 Å². The fourth-order valence-corrected chi connectivity index (χ4v) is 2.67. The molecule has 13 heteroatoms. The molecular formula is C17H12N6O7. The smallest absolute Gasteiger partial charge is 0.277 e. The molecule has 1 aliphatic rings. The van der Waals surface area contributed by atoms with Crippen LogP contribution in [0.15, 0.2) is 53.6 Å². The Balaban J connectivity index is 2.05. The van der Waals surface area contributed by atoms with Crippen LogP contribution in [-0.4, -0.2) is 33.4 Å². The molecule has 13 nitrogen and oxygen atoms in total. The first-order valence-electron chi connectivity index (χ1n) is 8.25. The minimum Gasteiger partial charge on any atom is -0.277 e. The number of carbonyl (C=O) groups is 3. The maximum Gasteiger partial charge on any atom is 0.328 e. The molecule has 0 saturated carbocycles. The van der Waals surface area contributed by atoms with Gasteiger partial charge < -0.3 is 0 Å². The molecule has 0 radical (unpaired) electrons. The second-order valence-corrected chi connectivity index (χ2v) is 5.93. The van der Waals surface area contributed by atoms with Gasteiger partial charge in [-0.15, -0.1) is 0 Å². The topological polar surface area (TPSA) is 186 Å². The van der Waals surface area contributed by atoms with E-state index in [1.54, 1.807) is 30.3 Å². The van der Waals surface area contributed by atoms with Crippen molar-refractivity contribution in [1.29, 1.82) is 0 Å². The number of hydrogen-bond donors (Lipinski definition) is 3. The fourth-order valence-electron chi connectivity index (χ4n) is 2.67. The number of rotatable bonds is 6. The first-order chi connectivity index (χ1) is 14.3. The predicted molar refractivity (Wildman–Crippen MR) is 102 cm³/mol. The van der Waals surface area contributed by atoms with Crippen molar-refractivity contribution in [3.63, 3.8) is 0 Å². The van der Waals surface area contributed by atoms with Gasteiger partial charge in [-0.25, -0.2) is 4.79 Å². The van der Waals surface area contributed by atoms with Gasteiger partial charge in [0.2, 0.25) is 11.8 Å². The van der Waals surface area contributed by atoms with Crippen molar-refractivity contribution in [2.24, 2.45) is 11.0 Å². The zero-order chi connectivity index (χ0) is 21.8. The van der Waals surface area contributed by atoms with E-state index < -0.39 is 45.0 Å². The lowest BCUT2D eigenvalue weighted by Gasteiger charge is -2.22. The van der Waals surface area contributed by atoms with Gasteiger partial charge in [0.1, 0.15) is 5.69 Å². The third-order valence-corrected chi connectivity index (χ3v) is 4.03. The van der Waals surface area contributed by atoms with E-state index in [4.69, 9.17) is 0 Å². The van der Waals surface area contributed by atoms with Gasteiger partial charge in [0.05, 0.1) is 21.6 Å². The Morgan fingerprint density at radius 2 is 1.57 bits per heavy atom. The van der Waals surface area contributed by atoms with Crippen LogP contribution in [0.25, 0.3) is 0 Å². The van der Waals surface area contributed by atoms with E-state index in [1.165, 1.54) is 0 Å². The molecule has 3 N–H and O–H groups in total. The number of nitrogens with one attached hydrogen (secondary N) is 3. The molecule has 0 atom stereocenters. The maximum atomic E-state index is 12.3. The summed E-state index contributed by atoms with van der Waals surface area (Å²) in [6.45, 7) is 0. The molecule has 152 valence electrons. The molecule has 1 saturated heterocycles. The molecule has 0 spiro atoms. The number of carbonyl (C=O) groups excluding carboxylic acids is 3. The Kier molecular flexibility index (Phi) is 5.44. The molecule has 0 unspecified atom stereocenters. The van der Waals surface area contributed by atoms with E-state index in [0.717, 1.165) is 18.2 Å². The van der Waals surface area contributed by atoms with Crippen LogP contribution in [0.3, 0.4) is 0 Å². The van der Waals surface area contributed by atoms with Gasteiger partial charge in [-0.05, 0) is 11.6 Å². The highest BCUT2D eigenvalue weighted by Gasteiger charge is 2.39. The standard InChI is InChI=1S/C17H12N6O7/c24-15-13(16(25)19-17(26)18-15)14(9-4-2-1-3-5-9)21-20-11-7-6-10(22(27)28)8-12(11)23(29)30/h1-8,13,20H,(H2,18,19,24,25,26)/b21-14-. The number of urea groups is 1. The number of nitro benzene ring substituents is 2. The van der Waals surface area contributed by atoms with Gasteiger partial charge in [0.25, 0.3) is 5.69 Å². The number of hydrazone groups is 1. The second kappa shape index (κ2) is 8.14. The lowest BCUT2D eigenvalue weighted by Crippen LogP contribution is -2.58. The number of nitrogens with zero attached hydrogens (tertiary/aromatic N) is 3. The summed E-state index contributed by atoms with van der Waals surface area (Å²) in [5.74, 6) is -3.37. The Bertz CT molecular complexity index is 1080. The van der Waals surface area contributed by atoms with E-state index in [-0.39, 0.29) is 11.4 Å². The van der Waals surface area contributed by atoms with Gasteiger partial charge >= 0.3 is 11.7 Å². The summed E-state index contributed by atoms with van der Waals surface area (Å²) in [4.78, 5) is 56.3. The molecule has 4 amide bonds. The highest BCUT2D eigenvalue weighted by molar-refractivity contribution is 6.31. The average molecular weight is 412 g/mol. The van der Waals surface area contributed by atoms with Crippen LogP contribution in [0.1, 0.15) is 5.56 Å². The van der Waals surface area contributed by atoms with Crippen LogP contribution in [0.5, 0.6) is 0 Å². The van der Waals surface area contributed by atoms with Crippen molar-refractivity contribution < 1.29 is 24.2 Å². The third kappa shape index (κ3) is 4.09. The molecule has 2 aromatic carbocycles. The molecule has 0 bridgehead atoms. The fraction of sp³-hybridized carbons (Fsp3) is 0.0588. The first-order valence-corrected chi connectivity index (χ1v) is 8.25. The Morgan fingerprint density at radius 3 is 2.13 bits per heavy atom. The van der Waals surface area contributed by atoms with E-state index >= 15 is 0 Å². The minimum absolute atomic E-state index is 0.120. The SMILES string of the molecule is O=C1NC(=O)C(/C(=N\Nc2ccc([N+](=O)[O-])cc2[N+](=O)[O-])c2ccccc2)C(=O)N1. The lowest BCUT2D eigenvalue weighted by atomic mass is 9.94. The monoisotopic (exact) mass is 412 g/mol. The van der Waals surface area contributed by atoms with Gasteiger partial charge in [-0.2, -0.15) is 5.10 Å². The van der Waals surface area contributed by atoms with Crippen LogP contribution >= 0.6 is 0 Å². The van der Waals surface area contributed by atoms with E-state index in [9.17, 15) is 34.6 Å². The Hall–Kier alpha value is -4.68. The number of amides is 4. The molecule has 30 heavy (non-hydrogen) atoms. The molecule has 3 rings (SSSR count). The Morgan fingerprint density at radius 1 is 0.933 bits per heavy atom. The van der Waals surface area contributed by atoms with Crippen LogP contribution in [0.2, 0.25) is 0 Å². The number of hydrogen-bond acceptors (Lipinski definition) is 9. The number of benzene rings is 2. The average Bonchev–Trinajstić information content (AvgIpc) is 2.70. The van der Waals surface area contributed by atoms with Gasteiger partial charge in [0, 0.05) is 6.07 Å². The second-order valence-electron chi connectivity index (χ2n) is 5.93. The summed E-state index contributed by atoms with van der Waals surface area (Å²) in [5, 5.41) is 30.0. The molecule has 0 aromatic heterocycles. The highest BCUT2D eigenvalue weighted by Crippen LogP contribution is 2.29. The summed E-state index contributed by atoms with van der Waals surface area (Å²) in [6, 6.07) is 9.88. The summed E-state index contributed by atoms with van der Waals surface area (Å²) in [6.07, 6.45) is 0. The maximum absolute atomic E-state index is 12.3. The normalized spacial score (nSPS) is 14.7. The van der Waals surface area contributed by atoms with Crippen LogP contribution in [-0.2, 0) is 9.59 Å². The Labute approximate surface area is 167 Å². The number of non-ortho nitro benzene ring substituents is 1. The first kappa shape index (κ1) is 20.1. The highest BCUT2D eigenvalue weighted by atomic mass is 16.6. The number of nitro groups is 2. The van der Waals surface area contributed by atoms with Crippen molar-refractivity contribution in [2.75, 3.05) is 5.43 Å². The minimum atomic E-state index is -1.52. The molecule has 2 aromatic rings. The van der Waals surface area contributed by atoms with Crippen LogP contribution in [0, 0.1) is 26.1 Å². The number of anilines is 1. The number of barbiturate groups is 1. The third-order valence-electron chi connectivity index (χ3n) is 4.03. The predicted octanol–water partition coefficient (Wildman–Crippen LogP) is 1.30. The van der Waals surface area contributed by atoms with E-state index in [0.29, 0.717) is 5.56 Å². The molecule has 1 fully saturated rings. The summed E-state index contributed by atoms with van der Waals surface area (Å²) in [7, 11) is 0. The number of imide groups is 2. The van der Waals surface area contributed by atoms with Crippen molar-refractivity contribution >= 4 is 40.6 Å². The van der Waals surface area contributed by atoms with Crippen molar-refractivity contribution in [2.45, 2.75) is 0 Å². The molecule has 1 aliphatic heterocycles. The zero-order valence-corrected chi connectivity index (χ0v) is 14.9. The van der Waals surface area contributed by atoms with Crippen molar-refractivity contribution in [3.05, 3.63) is 74.3 Å². The molecule has 0 aliphatic carbocycles. The van der Waals surface area contributed by atoms with Gasteiger partial charge in [-0.3, -0.25) is 45.9 Å². The molecule has 1 heterocycles. The van der Waals surface area contributed by atoms with Crippen LogP contribution < -0.4 is 16.1 Å². The van der Waals surface area contributed by atoms with E-state index in [2.05, 4.69) is 10.5 Å². The largest absolute Gasteiger partial charge is 0.328 e. The van der Waals surface area contributed by atoms with Gasteiger partial charge in [-0.1, -0.05) is 30.3 Å². The van der Waals surface area contributed by atoms with Crippen LogP contribution in [0.4, 0.5) is 21.9 Å². The summed E-state index contributed by atoms with van der Waals surface area (Å²) >= 11 is 0. The summed E-state index contributed by atoms with van der Waals surface area (Å²) in [5.41, 5.74) is 1.27. The molecular weight excluding hydrogens is 400 g/mol.